The number of halogens is 3. The summed E-state index contributed by atoms with van der Waals surface area (Å²) in [6.07, 6.45) is -1.21. The summed E-state index contributed by atoms with van der Waals surface area (Å²) in [7, 11) is 1.69. The summed E-state index contributed by atoms with van der Waals surface area (Å²) in [5, 5.41) is 0. The topological polar surface area (TPSA) is 76.5 Å². The maximum atomic E-state index is 13.5. The molecule has 2 aromatic carbocycles. The molecule has 1 aliphatic rings. The Morgan fingerprint density at radius 3 is 2.71 bits per heavy atom. The van der Waals surface area contributed by atoms with E-state index >= 15 is 0 Å². The molecule has 0 saturated heterocycles. The van der Waals surface area contributed by atoms with E-state index in [1.54, 1.807) is 58.8 Å². The maximum Gasteiger partial charge on any atom is 0.416 e. The standard InChI is InChI=1S/C24H22F3N5OS/c1-23(2)16-9-14(24(25,26)27)5-6-15(16)20(11-34-23)31(3)22(33)13-4-7-17-18(8-13)32-12-29-10-19(32)21(28)30-17/h4-10,12,20H,11H2,1-3H3,(H2,28,30)/t20-/m1/s1. The van der Waals surface area contributed by atoms with Crippen LogP contribution in [0.2, 0.25) is 0 Å². The zero-order chi connectivity index (χ0) is 24.4. The Labute approximate surface area is 198 Å². The summed E-state index contributed by atoms with van der Waals surface area (Å²) in [4.78, 5) is 23.6. The fraction of sp³-hybridized carbons (Fsp3) is 0.292. The van der Waals surface area contributed by atoms with Crippen molar-refractivity contribution in [2.24, 2.45) is 0 Å². The Morgan fingerprint density at radius 2 is 1.97 bits per heavy atom. The first-order chi connectivity index (χ1) is 16.0. The second kappa shape index (κ2) is 7.63. The molecule has 2 aromatic heterocycles. The van der Waals surface area contributed by atoms with Crippen LogP contribution in [0, 0.1) is 0 Å². The average molecular weight is 486 g/mol. The molecule has 1 aliphatic heterocycles. The van der Waals surface area contributed by atoms with Gasteiger partial charge in [0.2, 0.25) is 0 Å². The molecule has 0 unspecified atom stereocenters. The highest BCUT2D eigenvalue weighted by Crippen LogP contribution is 2.49. The molecule has 1 amide bonds. The zero-order valence-electron chi connectivity index (χ0n) is 18.7. The summed E-state index contributed by atoms with van der Waals surface area (Å²) < 4.78 is 41.4. The van der Waals surface area contributed by atoms with Gasteiger partial charge in [-0.15, -0.1) is 11.8 Å². The number of rotatable bonds is 2. The molecule has 0 fully saturated rings. The van der Waals surface area contributed by atoms with E-state index in [0.29, 0.717) is 39.2 Å². The van der Waals surface area contributed by atoms with E-state index in [1.807, 2.05) is 13.8 Å². The molecular weight excluding hydrogens is 463 g/mol. The SMILES string of the molecule is CN(C(=O)c1ccc2nc(N)c3cncn3c2c1)[C@@H]1CSC(C)(C)c2cc(C(F)(F)F)ccc21. The molecule has 0 spiro atoms. The fourth-order valence-corrected chi connectivity index (χ4v) is 5.78. The lowest BCUT2D eigenvalue weighted by Gasteiger charge is -2.40. The summed E-state index contributed by atoms with van der Waals surface area (Å²) in [6, 6.07) is 8.61. The van der Waals surface area contributed by atoms with Crippen molar-refractivity contribution in [2.45, 2.75) is 30.8 Å². The van der Waals surface area contributed by atoms with Crippen molar-refractivity contribution in [3.05, 3.63) is 71.2 Å². The lowest BCUT2D eigenvalue weighted by molar-refractivity contribution is -0.137. The highest BCUT2D eigenvalue weighted by Gasteiger charge is 2.39. The number of imidazole rings is 1. The van der Waals surface area contributed by atoms with Crippen LogP contribution in [0.15, 0.2) is 48.9 Å². The van der Waals surface area contributed by atoms with Gasteiger partial charge in [0.15, 0.2) is 0 Å². The van der Waals surface area contributed by atoms with Gasteiger partial charge in [0, 0.05) is 23.1 Å². The Balaban J connectivity index is 1.54. The number of anilines is 1. The Kier molecular flexibility index (Phi) is 5.05. The molecule has 176 valence electrons. The number of benzene rings is 2. The van der Waals surface area contributed by atoms with E-state index in [-0.39, 0.29) is 11.9 Å². The van der Waals surface area contributed by atoms with E-state index < -0.39 is 16.5 Å². The van der Waals surface area contributed by atoms with E-state index in [2.05, 4.69) is 9.97 Å². The number of carbonyl (C=O) groups excluding carboxylic acids is 1. The molecule has 0 radical (unpaired) electrons. The van der Waals surface area contributed by atoms with Crippen LogP contribution in [0.1, 0.15) is 46.9 Å². The molecule has 4 aromatic rings. The molecular formula is C24H22F3N5OS. The van der Waals surface area contributed by atoms with Gasteiger partial charge in [-0.1, -0.05) is 6.07 Å². The first-order valence-electron chi connectivity index (χ1n) is 10.6. The second-order valence-corrected chi connectivity index (χ2v) is 10.5. The maximum absolute atomic E-state index is 13.5. The van der Waals surface area contributed by atoms with E-state index in [1.165, 1.54) is 12.1 Å². The normalized spacial score (nSPS) is 17.6. The number of nitrogens with two attached hydrogens (primary N) is 1. The third-order valence-electron chi connectivity index (χ3n) is 6.40. The van der Waals surface area contributed by atoms with Crippen LogP contribution in [0.25, 0.3) is 16.6 Å². The van der Waals surface area contributed by atoms with Gasteiger partial charge in [0.05, 0.1) is 35.2 Å². The van der Waals surface area contributed by atoms with Gasteiger partial charge in [-0.2, -0.15) is 13.2 Å². The van der Waals surface area contributed by atoms with Crippen LogP contribution in [0.4, 0.5) is 19.0 Å². The van der Waals surface area contributed by atoms with Crippen LogP contribution in [-0.2, 0) is 10.9 Å². The molecule has 2 N–H and O–H groups in total. The van der Waals surface area contributed by atoms with Crippen molar-refractivity contribution in [3.8, 4) is 0 Å². The van der Waals surface area contributed by atoms with Crippen molar-refractivity contribution < 1.29 is 18.0 Å². The Bertz CT molecular complexity index is 1450. The summed E-state index contributed by atoms with van der Waals surface area (Å²) in [6.45, 7) is 3.82. The Hall–Kier alpha value is -3.27. The molecule has 3 heterocycles. The minimum Gasteiger partial charge on any atom is -0.382 e. The largest absolute Gasteiger partial charge is 0.416 e. The van der Waals surface area contributed by atoms with Crippen LogP contribution in [0.5, 0.6) is 0 Å². The van der Waals surface area contributed by atoms with Crippen LogP contribution in [-0.4, -0.2) is 38.0 Å². The molecule has 1 atom stereocenters. The zero-order valence-corrected chi connectivity index (χ0v) is 19.5. The highest BCUT2D eigenvalue weighted by molar-refractivity contribution is 8.00. The molecule has 34 heavy (non-hydrogen) atoms. The van der Waals surface area contributed by atoms with Gasteiger partial charge < -0.3 is 10.6 Å². The highest BCUT2D eigenvalue weighted by atomic mass is 32.2. The molecule has 6 nitrogen and oxygen atoms in total. The third-order valence-corrected chi connectivity index (χ3v) is 7.83. The third kappa shape index (κ3) is 3.56. The number of hydrogen-bond acceptors (Lipinski definition) is 5. The average Bonchev–Trinajstić information content (AvgIpc) is 3.28. The summed E-state index contributed by atoms with van der Waals surface area (Å²) in [5.41, 5.74) is 9.05. The predicted molar refractivity (Wildman–Crippen MR) is 127 cm³/mol. The van der Waals surface area contributed by atoms with E-state index in [4.69, 9.17) is 5.73 Å². The second-order valence-electron chi connectivity index (χ2n) is 8.90. The minimum absolute atomic E-state index is 0.233. The predicted octanol–water partition coefficient (Wildman–Crippen LogP) is 5.28. The molecule has 0 aliphatic carbocycles. The summed E-state index contributed by atoms with van der Waals surface area (Å²) >= 11 is 1.54. The van der Waals surface area contributed by atoms with Gasteiger partial charge >= 0.3 is 6.18 Å². The van der Waals surface area contributed by atoms with Crippen LogP contribution in [0.3, 0.4) is 0 Å². The van der Waals surface area contributed by atoms with Gasteiger partial charge in [0.1, 0.15) is 11.3 Å². The lowest BCUT2D eigenvalue weighted by Crippen LogP contribution is -2.37. The van der Waals surface area contributed by atoms with Gasteiger partial charge in [-0.3, -0.25) is 9.20 Å². The fourth-order valence-electron chi connectivity index (χ4n) is 4.47. The first-order valence-corrected chi connectivity index (χ1v) is 11.6. The lowest BCUT2D eigenvalue weighted by atomic mass is 9.89. The van der Waals surface area contributed by atoms with Gasteiger partial charge in [-0.05, 0) is 55.3 Å². The summed E-state index contributed by atoms with van der Waals surface area (Å²) in [5.74, 6) is 0.686. The number of aromatic nitrogens is 3. The van der Waals surface area contributed by atoms with Crippen LogP contribution < -0.4 is 5.73 Å². The number of carbonyl (C=O) groups is 1. The van der Waals surface area contributed by atoms with Gasteiger partial charge in [0.25, 0.3) is 5.91 Å². The number of fused-ring (bicyclic) bond motifs is 4. The van der Waals surface area contributed by atoms with Crippen molar-refractivity contribution in [3.63, 3.8) is 0 Å². The van der Waals surface area contributed by atoms with Crippen molar-refractivity contribution >= 4 is 40.0 Å². The molecule has 0 saturated carbocycles. The monoisotopic (exact) mass is 485 g/mol. The number of hydrogen-bond donors (Lipinski definition) is 1. The van der Waals surface area contributed by atoms with Crippen LogP contribution >= 0.6 is 11.8 Å². The first kappa shape index (κ1) is 22.5. The number of nitrogen functional groups attached to an aromatic ring is 1. The number of alkyl halides is 3. The van der Waals surface area contributed by atoms with Gasteiger partial charge in [-0.25, -0.2) is 9.97 Å². The smallest absolute Gasteiger partial charge is 0.382 e. The molecule has 5 rings (SSSR count). The number of nitrogens with zero attached hydrogens (tertiary/aromatic N) is 4. The quantitative estimate of drug-likeness (QED) is 0.418. The minimum atomic E-state index is -4.42. The van der Waals surface area contributed by atoms with E-state index in [9.17, 15) is 18.0 Å². The van der Waals surface area contributed by atoms with Crippen molar-refractivity contribution in [1.29, 1.82) is 0 Å². The number of thioether (sulfide) groups is 1. The van der Waals surface area contributed by atoms with Crippen molar-refractivity contribution in [2.75, 3.05) is 18.5 Å². The molecule has 0 bridgehead atoms. The molecule has 10 heteroatoms. The van der Waals surface area contributed by atoms with E-state index in [0.717, 1.165) is 11.6 Å². The van der Waals surface area contributed by atoms with Crippen molar-refractivity contribution in [1.82, 2.24) is 19.3 Å². The number of amides is 1. The Morgan fingerprint density at radius 1 is 1.21 bits per heavy atom.